The summed E-state index contributed by atoms with van der Waals surface area (Å²) in [5.41, 5.74) is 2.76. The summed E-state index contributed by atoms with van der Waals surface area (Å²) in [7, 11) is -3.36. The van der Waals surface area contributed by atoms with Gasteiger partial charge in [0.1, 0.15) is 5.69 Å². The standard InChI is InChI=1S/C22H28N6O3S/c1-3-8-23-19-5-4-9-24-21(19)27-10-12-28(13-11-27)22(29)20-15-16-14-17(26-32(2,30)31)6-7-18(16)25-20/h4-7,9,14-15,23,25-26H,3,8,10-13H2,1-2H3. The van der Waals surface area contributed by atoms with Crippen LogP contribution in [0.3, 0.4) is 0 Å². The highest BCUT2D eigenvalue weighted by molar-refractivity contribution is 7.92. The highest BCUT2D eigenvalue weighted by Crippen LogP contribution is 2.25. The first kappa shape index (κ1) is 21.9. The van der Waals surface area contributed by atoms with Gasteiger partial charge in [0.05, 0.1) is 11.9 Å². The average molecular weight is 457 g/mol. The Bertz CT molecular complexity index is 1220. The molecular weight excluding hydrogens is 428 g/mol. The van der Waals surface area contributed by atoms with E-state index in [1.165, 1.54) is 0 Å². The number of hydrogen-bond donors (Lipinski definition) is 3. The van der Waals surface area contributed by atoms with Gasteiger partial charge in [0.25, 0.3) is 5.91 Å². The predicted octanol–water partition coefficient (Wildman–Crippen LogP) is 2.72. The maximum Gasteiger partial charge on any atom is 0.270 e. The molecule has 1 fully saturated rings. The van der Waals surface area contributed by atoms with Crippen molar-refractivity contribution in [2.24, 2.45) is 0 Å². The van der Waals surface area contributed by atoms with Gasteiger partial charge < -0.3 is 20.1 Å². The predicted molar refractivity (Wildman–Crippen MR) is 128 cm³/mol. The second-order valence-corrected chi connectivity index (χ2v) is 9.69. The van der Waals surface area contributed by atoms with E-state index in [2.05, 4.69) is 31.8 Å². The van der Waals surface area contributed by atoms with Crippen molar-refractivity contribution in [1.82, 2.24) is 14.9 Å². The second-order valence-electron chi connectivity index (χ2n) is 7.94. The van der Waals surface area contributed by atoms with Crippen LogP contribution >= 0.6 is 0 Å². The molecule has 0 saturated carbocycles. The number of rotatable bonds is 7. The molecule has 4 rings (SSSR count). The molecule has 2 aromatic heterocycles. The number of aromatic nitrogens is 2. The van der Waals surface area contributed by atoms with Gasteiger partial charge in [-0.15, -0.1) is 0 Å². The van der Waals surface area contributed by atoms with Crippen molar-refractivity contribution in [3.63, 3.8) is 0 Å². The Hall–Kier alpha value is -3.27. The van der Waals surface area contributed by atoms with Gasteiger partial charge in [-0.3, -0.25) is 9.52 Å². The van der Waals surface area contributed by atoms with Gasteiger partial charge in [0.2, 0.25) is 10.0 Å². The summed E-state index contributed by atoms with van der Waals surface area (Å²) in [5.74, 6) is 0.855. The normalized spacial score (nSPS) is 14.6. The van der Waals surface area contributed by atoms with Gasteiger partial charge in [-0.25, -0.2) is 13.4 Å². The third-order valence-corrected chi connectivity index (χ3v) is 5.98. The molecule has 10 heteroatoms. The van der Waals surface area contributed by atoms with Gasteiger partial charge in [-0.2, -0.15) is 0 Å². The van der Waals surface area contributed by atoms with Crippen LogP contribution in [0.25, 0.3) is 10.9 Å². The molecular formula is C22H28N6O3S. The second kappa shape index (κ2) is 9.07. The topological polar surface area (TPSA) is 110 Å². The van der Waals surface area contributed by atoms with Crippen molar-refractivity contribution in [3.05, 3.63) is 48.3 Å². The Morgan fingerprint density at radius 1 is 1.16 bits per heavy atom. The van der Waals surface area contributed by atoms with Crippen molar-refractivity contribution >= 4 is 44.0 Å². The van der Waals surface area contributed by atoms with Gasteiger partial charge in [-0.05, 0) is 42.8 Å². The number of sulfonamides is 1. The van der Waals surface area contributed by atoms with Crippen LogP contribution in [-0.4, -0.2) is 68.2 Å². The summed E-state index contributed by atoms with van der Waals surface area (Å²) < 4.78 is 25.4. The number of carbonyl (C=O) groups excluding carboxylic acids is 1. The van der Waals surface area contributed by atoms with Crippen LogP contribution in [-0.2, 0) is 10.0 Å². The number of nitrogens with zero attached hydrogens (tertiary/aromatic N) is 3. The average Bonchev–Trinajstić information content (AvgIpc) is 3.20. The van der Waals surface area contributed by atoms with Crippen molar-refractivity contribution in [2.45, 2.75) is 13.3 Å². The molecule has 1 aromatic carbocycles. The fourth-order valence-electron chi connectivity index (χ4n) is 3.86. The number of nitrogens with one attached hydrogen (secondary N) is 3. The smallest absolute Gasteiger partial charge is 0.270 e. The van der Waals surface area contributed by atoms with Gasteiger partial charge in [0.15, 0.2) is 5.82 Å². The summed E-state index contributed by atoms with van der Waals surface area (Å²) in [6, 6.07) is 10.9. The third kappa shape index (κ3) is 4.96. The number of hydrogen-bond acceptors (Lipinski definition) is 6. The van der Waals surface area contributed by atoms with Gasteiger partial charge in [0, 0.05) is 55.5 Å². The lowest BCUT2D eigenvalue weighted by Gasteiger charge is -2.36. The largest absolute Gasteiger partial charge is 0.382 e. The van der Waals surface area contributed by atoms with E-state index in [-0.39, 0.29) is 5.91 Å². The Labute approximate surface area is 187 Å². The first-order valence-corrected chi connectivity index (χ1v) is 12.6. The Morgan fingerprint density at radius 3 is 2.66 bits per heavy atom. The molecule has 1 amide bonds. The van der Waals surface area contributed by atoms with Crippen LogP contribution in [0.5, 0.6) is 0 Å². The van der Waals surface area contributed by atoms with Gasteiger partial charge >= 0.3 is 0 Å². The van der Waals surface area contributed by atoms with Crippen molar-refractivity contribution in [3.8, 4) is 0 Å². The fourth-order valence-corrected chi connectivity index (χ4v) is 4.42. The third-order valence-electron chi connectivity index (χ3n) is 5.37. The van der Waals surface area contributed by atoms with E-state index in [1.54, 1.807) is 30.5 Å². The summed E-state index contributed by atoms with van der Waals surface area (Å²) in [6.45, 7) is 5.61. The molecule has 0 aliphatic carbocycles. The number of carbonyl (C=O) groups is 1. The number of fused-ring (bicyclic) bond motifs is 1. The number of anilines is 3. The van der Waals surface area contributed by atoms with E-state index in [4.69, 9.17) is 0 Å². The zero-order chi connectivity index (χ0) is 22.7. The molecule has 3 heterocycles. The lowest BCUT2D eigenvalue weighted by atomic mass is 10.2. The van der Waals surface area contributed by atoms with Crippen LogP contribution in [0.1, 0.15) is 23.8 Å². The molecule has 0 radical (unpaired) electrons. The molecule has 1 saturated heterocycles. The summed E-state index contributed by atoms with van der Waals surface area (Å²) in [5, 5.41) is 4.20. The molecule has 9 nitrogen and oxygen atoms in total. The highest BCUT2D eigenvalue weighted by atomic mass is 32.2. The van der Waals surface area contributed by atoms with Crippen LogP contribution in [0.15, 0.2) is 42.6 Å². The zero-order valence-corrected chi connectivity index (χ0v) is 19.1. The molecule has 0 atom stereocenters. The summed E-state index contributed by atoms with van der Waals surface area (Å²) >= 11 is 0. The summed E-state index contributed by atoms with van der Waals surface area (Å²) in [4.78, 5) is 24.8. The van der Waals surface area contributed by atoms with Crippen LogP contribution < -0.4 is 14.9 Å². The highest BCUT2D eigenvalue weighted by Gasteiger charge is 2.25. The molecule has 3 N–H and O–H groups in total. The van der Waals surface area contributed by atoms with Crippen LogP contribution in [0.2, 0.25) is 0 Å². The van der Waals surface area contributed by atoms with E-state index >= 15 is 0 Å². The minimum absolute atomic E-state index is 0.0659. The SMILES string of the molecule is CCCNc1cccnc1N1CCN(C(=O)c2cc3cc(NS(C)(=O)=O)ccc3[nH]2)CC1. The molecule has 1 aliphatic rings. The number of benzene rings is 1. The molecule has 32 heavy (non-hydrogen) atoms. The molecule has 0 unspecified atom stereocenters. The lowest BCUT2D eigenvalue weighted by molar-refractivity contribution is 0.0741. The summed E-state index contributed by atoms with van der Waals surface area (Å²) in [6.07, 6.45) is 3.94. The number of H-pyrrole nitrogens is 1. The zero-order valence-electron chi connectivity index (χ0n) is 18.3. The molecule has 0 spiro atoms. The Balaban J connectivity index is 1.44. The lowest BCUT2D eigenvalue weighted by Crippen LogP contribution is -2.49. The first-order chi connectivity index (χ1) is 15.3. The minimum atomic E-state index is -3.36. The van der Waals surface area contributed by atoms with Crippen molar-refractivity contribution < 1.29 is 13.2 Å². The van der Waals surface area contributed by atoms with Gasteiger partial charge in [-0.1, -0.05) is 6.92 Å². The molecule has 3 aromatic rings. The number of pyridine rings is 1. The quantitative estimate of drug-likeness (QED) is 0.504. The van der Waals surface area contributed by atoms with Crippen molar-refractivity contribution in [1.29, 1.82) is 0 Å². The molecule has 0 bridgehead atoms. The monoisotopic (exact) mass is 456 g/mol. The fraction of sp³-hybridized carbons (Fsp3) is 0.364. The van der Waals surface area contributed by atoms with Crippen molar-refractivity contribution in [2.75, 3.05) is 53.9 Å². The van der Waals surface area contributed by atoms with Crippen LogP contribution in [0.4, 0.5) is 17.2 Å². The minimum Gasteiger partial charge on any atom is -0.382 e. The molecule has 170 valence electrons. The number of aromatic amines is 1. The molecule has 1 aliphatic heterocycles. The van der Waals surface area contributed by atoms with E-state index < -0.39 is 10.0 Å². The maximum absolute atomic E-state index is 13.1. The van der Waals surface area contributed by atoms with E-state index in [0.29, 0.717) is 37.6 Å². The number of amides is 1. The van der Waals surface area contributed by atoms with E-state index in [9.17, 15) is 13.2 Å². The number of piperazine rings is 1. The Kier molecular flexibility index (Phi) is 6.22. The van der Waals surface area contributed by atoms with E-state index in [0.717, 1.165) is 41.6 Å². The first-order valence-electron chi connectivity index (χ1n) is 10.7. The van der Waals surface area contributed by atoms with E-state index in [1.807, 2.05) is 17.0 Å². The maximum atomic E-state index is 13.1. The Morgan fingerprint density at radius 2 is 1.94 bits per heavy atom. The van der Waals surface area contributed by atoms with Crippen LogP contribution in [0, 0.1) is 0 Å².